The van der Waals surface area contributed by atoms with Crippen molar-refractivity contribution < 1.29 is 13.2 Å². The second-order valence-electron chi connectivity index (χ2n) is 3.96. The number of sulfone groups is 1. The lowest BCUT2D eigenvalue weighted by atomic mass is 10.2. The Morgan fingerprint density at radius 3 is 2.71 bits per heavy atom. The molecule has 4 nitrogen and oxygen atoms in total. The van der Waals surface area contributed by atoms with Crippen LogP contribution in [0, 0.1) is 6.92 Å². The molecule has 0 unspecified atom stereocenters. The fourth-order valence-electron chi connectivity index (χ4n) is 1.38. The van der Waals surface area contributed by atoms with E-state index in [-0.39, 0.29) is 11.5 Å². The lowest BCUT2D eigenvalue weighted by molar-refractivity contribution is 0.316. The molecule has 0 radical (unpaired) electrons. The summed E-state index contributed by atoms with van der Waals surface area (Å²) in [7, 11) is -2.90. The summed E-state index contributed by atoms with van der Waals surface area (Å²) in [5.41, 5.74) is 7.29. The van der Waals surface area contributed by atoms with Gasteiger partial charge in [0, 0.05) is 17.5 Å². The molecule has 1 aromatic carbocycles. The van der Waals surface area contributed by atoms with Crippen LogP contribution in [0.4, 0.5) is 5.69 Å². The highest BCUT2D eigenvalue weighted by Crippen LogP contribution is 2.20. The van der Waals surface area contributed by atoms with Crippen molar-refractivity contribution in [2.75, 3.05) is 23.8 Å². The molecule has 0 atom stereocenters. The smallest absolute Gasteiger partial charge is 0.150 e. The van der Waals surface area contributed by atoms with Crippen molar-refractivity contribution in [2.45, 2.75) is 20.3 Å². The van der Waals surface area contributed by atoms with Crippen LogP contribution in [0.15, 0.2) is 18.2 Å². The monoisotopic (exact) mass is 257 g/mol. The quantitative estimate of drug-likeness (QED) is 0.623. The minimum absolute atomic E-state index is 0.171. The van der Waals surface area contributed by atoms with Crippen LogP contribution in [0.1, 0.15) is 18.9 Å². The number of hydrogen-bond donors (Lipinski definition) is 1. The number of rotatable bonds is 6. The van der Waals surface area contributed by atoms with Crippen LogP contribution < -0.4 is 10.5 Å². The Kier molecular flexibility index (Phi) is 4.81. The van der Waals surface area contributed by atoms with Crippen LogP contribution in [0.5, 0.6) is 5.75 Å². The summed E-state index contributed by atoms with van der Waals surface area (Å²) in [4.78, 5) is 0. The molecule has 1 rings (SSSR count). The minimum Gasteiger partial charge on any atom is -0.493 e. The van der Waals surface area contributed by atoms with E-state index in [2.05, 4.69) is 0 Å². The third-order valence-corrected chi connectivity index (χ3v) is 4.30. The van der Waals surface area contributed by atoms with Gasteiger partial charge in [0.05, 0.1) is 12.4 Å². The van der Waals surface area contributed by atoms with E-state index in [4.69, 9.17) is 10.5 Å². The molecule has 0 aliphatic rings. The maximum absolute atomic E-state index is 11.3. The maximum Gasteiger partial charge on any atom is 0.150 e. The molecule has 1 aromatic rings. The number of hydrogen-bond acceptors (Lipinski definition) is 4. The topological polar surface area (TPSA) is 69.4 Å². The largest absolute Gasteiger partial charge is 0.493 e. The van der Waals surface area contributed by atoms with Crippen LogP contribution in [0.25, 0.3) is 0 Å². The van der Waals surface area contributed by atoms with E-state index in [0.717, 1.165) is 11.3 Å². The molecule has 0 aromatic heterocycles. The number of benzene rings is 1. The van der Waals surface area contributed by atoms with Crippen LogP contribution >= 0.6 is 0 Å². The Bertz CT molecular complexity index is 469. The van der Waals surface area contributed by atoms with Gasteiger partial charge in [-0.15, -0.1) is 0 Å². The van der Waals surface area contributed by atoms with Crippen molar-refractivity contribution in [2.24, 2.45) is 0 Å². The second kappa shape index (κ2) is 5.91. The van der Waals surface area contributed by atoms with Crippen LogP contribution in [0.2, 0.25) is 0 Å². The highest BCUT2D eigenvalue weighted by atomic mass is 32.2. The van der Waals surface area contributed by atoms with Gasteiger partial charge in [0.1, 0.15) is 15.6 Å². The Morgan fingerprint density at radius 1 is 1.35 bits per heavy atom. The molecule has 0 aliphatic carbocycles. The van der Waals surface area contributed by atoms with Gasteiger partial charge in [-0.2, -0.15) is 0 Å². The molecule has 0 spiro atoms. The normalized spacial score (nSPS) is 11.4. The first-order valence-electron chi connectivity index (χ1n) is 5.64. The molecular formula is C12H19NO3S. The molecule has 0 fully saturated rings. The van der Waals surface area contributed by atoms with Gasteiger partial charge in [0.25, 0.3) is 0 Å². The fraction of sp³-hybridized carbons (Fsp3) is 0.500. The standard InChI is InChI=1S/C12H19NO3S/c1-3-17(14,15)8-4-7-16-12-9-11(13)6-5-10(12)2/h5-6,9H,3-4,7-8,13H2,1-2H3. The number of ether oxygens (including phenoxy) is 1. The highest BCUT2D eigenvalue weighted by Gasteiger charge is 2.07. The maximum atomic E-state index is 11.3. The lowest BCUT2D eigenvalue weighted by Gasteiger charge is -2.09. The van der Waals surface area contributed by atoms with Crippen molar-refractivity contribution >= 4 is 15.5 Å². The first-order valence-corrected chi connectivity index (χ1v) is 7.46. The Hall–Kier alpha value is -1.23. The van der Waals surface area contributed by atoms with Crippen molar-refractivity contribution in [3.8, 4) is 5.75 Å². The molecule has 0 aliphatic heterocycles. The zero-order valence-electron chi connectivity index (χ0n) is 10.3. The number of nitrogens with two attached hydrogens (primary N) is 1. The van der Waals surface area contributed by atoms with Gasteiger partial charge < -0.3 is 10.5 Å². The SMILES string of the molecule is CCS(=O)(=O)CCCOc1cc(N)ccc1C. The summed E-state index contributed by atoms with van der Waals surface area (Å²) < 4.78 is 28.0. The van der Waals surface area contributed by atoms with Gasteiger partial charge in [-0.3, -0.25) is 0 Å². The summed E-state index contributed by atoms with van der Waals surface area (Å²) in [6, 6.07) is 5.45. The number of aryl methyl sites for hydroxylation is 1. The summed E-state index contributed by atoms with van der Waals surface area (Å²) in [5.74, 6) is 1.08. The zero-order valence-corrected chi connectivity index (χ0v) is 11.1. The predicted octanol–water partition coefficient (Wildman–Crippen LogP) is 1.78. The minimum atomic E-state index is -2.90. The summed E-state index contributed by atoms with van der Waals surface area (Å²) in [6.07, 6.45) is 0.504. The van der Waals surface area contributed by atoms with Crippen molar-refractivity contribution in [1.82, 2.24) is 0 Å². The van der Waals surface area contributed by atoms with Crippen molar-refractivity contribution in [3.05, 3.63) is 23.8 Å². The molecule has 0 bridgehead atoms. The van der Waals surface area contributed by atoms with E-state index in [1.54, 1.807) is 13.0 Å². The summed E-state index contributed by atoms with van der Waals surface area (Å²) >= 11 is 0. The van der Waals surface area contributed by atoms with E-state index in [1.165, 1.54) is 0 Å². The third-order valence-electron chi connectivity index (χ3n) is 2.51. The highest BCUT2D eigenvalue weighted by molar-refractivity contribution is 7.91. The molecule has 96 valence electrons. The van der Waals surface area contributed by atoms with Crippen LogP contribution in [-0.2, 0) is 9.84 Å². The van der Waals surface area contributed by atoms with E-state index in [9.17, 15) is 8.42 Å². The van der Waals surface area contributed by atoms with Crippen molar-refractivity contribution in [1.29, 1.82) is 0 Å². The summed E-state index contributed by atoms with van der Waals surface area (Å²) in [5, 5.41) is 0. The van der Waals surface area contributed by atoms with Gasteiger partial charge in [-0.1, -0.05) is 13.0 Å². The van der Waals surface area contributed by atoms with Gasteiger partial charge >= 0.3 is 0 Å². The Balaban J connectivity index is 2.44. The van der Waals surface area contributed by atoms with Gasteiger partial charge in [-0.05, 0) is 25.0 Å². The average Bonchev–Trinajstić information content (AvgIpc) is 2.29. The van der Waals surface area contributed by atoms with E-state index in [1.807, 2.05) is 19.1 Å². The molecule has 0 saturated heterocycles. The molecule has 0 saturated carbocycles. The molecule has 17 heavy (non-hydrogen) atoms. The fourth-order valence-corrected chi connectivity index (χ4v) is 2.22. The van der Waals surface area contributed by atoms with Crippen LogP contribution in [0.3, 0.4) is 0 Å². The first-order chi connectivity index (χ1) is 7.94. The lowest BCUT2D eigenvalue weighted by Crippen LogP contribution is -2.12. The number of anilines is 1. The Labute approximate surface area is 103 Å². The van der Waals surface area contributed by atoms with E-state index >= 15 is 0 Å². The number of nitrogen functional groups attached to an aromatic ring is 1. The van der Waals surface area contributed by atoms with Gasteiger partial charge in [0.2, 0.25) is 0 Å². The molecule has 0 amide bonds. The zero-order chi connectivity index (χ0) is 12.9. The predicted molar refractivity (Wildman–Crippen MR) is 70.0 cm³/mol. The Morgan fingerprint density at radius 2 is 2.06 bits per heavy atom. The average molecular weight is 257 g/mol. The molecule has 5 heteroatoms. The molecule has 0 heterocycles. The third kappa shape index (κ3) is 4.65. The van der Waals surface area contributed by atoms with Gasteiger partial charge in [-0.25, -0.2) is 8.42 Å². The summed E-state index contributed by atoms with van der Waals surface area (Å²) in [6.45, 7) is 3.97. The van der Waals surface area contributed by atoms with Crippen molar-refractivity contribution in [3.63, 3.8) is 0 Å². The molecule has 2 N–H and O–H groups in total. The second-order valence-corrected chi connectivity index (χ2v) is 6.44. The van der Waals surface area contributed by atoms with E-state index in [0.29, 0.717) is 18.7 Å². The van der Waals surface area contributed by atoms with Crippen LogP contribution in [-0.4, -0.2) is 26.5 Å². The van der Waals surface area contributed by atoms with Gasteiger partial charge in [0.15, 0.2) is 0 Å². The molecular weight excluding hydrogens is 238 g/mol. The first kappa shape index (κ1) is 13.8. The van der Waals surface area contributed by atoms with E-state index < -0.39 is 9.84 Å².